The number of phenolic OH excluding ortho intramolecular Hbond substituents is 8. The molecule has 16 bridgehead atoms. The van der Waals surface area contributed by atoms with Crippen LogP contribution in [-0.2, 0) is 94.7 Å². The Morgan fingerprint density at radius 2 is 0.225 bits per heavy atom. The van der Waals surface area contributed by atoms with E-state index in [1.165, 1.54) is 44.5 Å². The van der Waals surface area contributed by atoms with Crippen molar-refractivity contribution in [1.29, 1.82) is 0 Å². The highest BCUT2D eigenvalue weighted by Gasteiger charge is 2.45. The van der Waals surface area contributed by atoms with E-state index >= 15 is 0 Å². The molecular weight excluding hydrogens is 1470 g/mol. The monoisotopic (exact) mass is 1620 g/mol. The van der Waals surface area contributed by atoms with Crippen LogP contribution in [-0.4, -0.2) is 40.9 Å². The van der Waals surface area contributed by atoms with Crippen molar-refractivity contribution >= 4 is 0 Å². The van der Waals surface area contributed by atoms with Crippen molar-refractivity contribution in [3.63, 3.8) is 0 Å². The molecule has 0 saturated heterocycles. The van der Waals surface area contributed by atoms with Crippen LogP contribution in [0.25, 0.3) is 0 Å². The fourth-order valence-electron chi connectivity index (χ4n) is 27.5. The molecule has 120 heavy (non-hydrogen) atoms. The summed E-state index contributed by atoms with van der Waals surface area (Å²) in [5, 5.41) is 109. The first-order valence-corrected chi connectivity index (χ1v) is 48.8. The van der Waals surface area contributed by atoms with E-state index in [9.17, 15) is 40.9 Å². The number of benzene rings is 8. The molecule has 8 nitrogen and oxygen atoms in total. The summed E-state index contributed by atoms with van der Waals surface area (Å²) in [7, 11) is 0. The SMILES string of the molecule is CCC1(c2cc3c(O)c(c2)Cc2cc(C4(CC)CCCC4)cc(c2O)Cc2cc(C4(CC)CCCC4)cc(c2O)Cc2cc(C4(CC)CCCC4)cc(c2O)Cc2cc(C4(CC)CCCC4)cc(c2O)Cc2cc(C4(CC)CCCC4)cc(c2O)Cc2cc(C4(CC)CCCC4)cc(c2O)Cc2cc(C4(CC)CCCC4)cc(c2O)C3)CCCC1. The van der Waals surface area contributed by atoms with Crippen LogP contribution in [0, 0.1) is 0 Å². The van der Waals surface area contributed by atoms with Crippen molar-refractivity contribution in [2.45, 2.75) is 407 Å². The maximum atomic E-state index is 13.6. The van der Waals surface area contributed by atoms with Crippen LogP contribution < -0.4 is 0 Å². The molecule has 0 spiro atoms. The molecule has 8 aromatic rings. The first kappa shape index (κ1) is 84.4. The summed E-state index contributed by atoms with van der Waals surface area (Å²) in [5.74, 6) is 1.57. The Morgan fingerprint density at radius 3 is 0.292 bits per heavy atom. The normalized spacial score (nSPS) is 21.4. The zero-order valence-corrected chi connectivity index (χ0v) is 74.8. The first-order chi connectivity index (χ1) is 58.0. The van der Waals surface area contributed by atoms with Crippen molar-refractivity contribution in [2.75, 3.05) is 0 Å². The van der Waals surface area contributed by atoms with Gasteiger partial charge in [-0.25, -0.2) is 0 Å². The van der Waals surface area contributed by atoms with Gasteiger partial charge in [-0.05, 0) is 331 Å². The maximum Gasteiger partial charge on any atom is 0.122 e. The van der Waals surface area contributed by atoms with Crippen LogP contribution in [0.1, 0.15) is 446 Å². The van der Waals surface area contributed by atoms with Crippen LogP contribution in [0.5, 0.6) is 46.0 Å². The Hall–Kier alpha value is -7.84. The highest BCUT2D eigenvalue weighted by molar-refractivity contribution is 5.63. The van der Waals surface area contributed by atoms with Gasteiger partial charge in [0.25, 0.3) is 0 Å². The maximum absolute atomic E-state index is 13.6. The summed E-state index contributed by atoms with van der Waals surface area (Å²) in [4.78, 5) is 0. The van der Waals surface area contributed by atoms with E-state index in [1.54, 1.807) is 0 Å². The van der Waals surface area contributed by atoms with E-state index in [2.05, 4.69) is 152 Å². The predicted octanol–water partition coefficient (Wildman–Crippen LogP) is 28.1. The van der Waals surface area contributed by atoms with Gasteiger partial charge in [-0.15, -0.1) is 0 Å². The van der Waals surface area contributed by atoms with E-state index in [4.69, 9.17) is 0 Å². The van der Waals surface area contributed by atoms with Crippen LogP contribution in [0.15, 0.2) is 97.1 Å². The molecule has 8 heteroatoms. The third-order valence-electron chi connectivity index (χ3n) is 36.0. The van der Waals surface area contributed by atoms with Gasteiger partial charge in [0.05, 0.1) is 0 Å². The second-order valence-corrected chi connectivity index (χ2v) is 41.3. The molecule has 9 aliphatic carbocycles. The van der Waals surface area contributed by atoms with Gasteiger partial charge < -0.3 is 40.9 Å². The van der Waals surface area contributed by atoms with Gasteiger partial charge in [0.15, 0.2) is 0 Å². The number of fused-ring (bicyclic) bond motifs is 16. The number of aromatic hydroxyl groups is 8. The molecular formula is C112H144O8. The molecule has 0 amide bonds. The molecule has 17 rings (SSSR count). The molecule has 0 aromatic heterocycles. The Kier molecular flexibility index (Phi) is 23.7. The van der Waals surface area contributed by atoms with E-state index in [1.807, 2.05) is 0 Å². The van der Waals surface area contributed by atoms with Crippen LogP contribution in [0.4, 0.5) is 0 Å². The van der Waals surface area contributed by atoms with Crippen molar-refractivity contribution in [1.82, 2.24) is 0 Å². The van der Waals surface area contributed by atoms with Gasteiger partial charge >= 0.3 is 0 Å². The van der Waals surface area contributed by atoms with Gasteiger partial charge in [-0.2, -0.15) is 0 Å². The number of phenols is 8. The van der Waals surface area contributed by atoms with E-state index < -0.39 is 0 Å². The lowest BCUT2D eigenvalue weighted by atomic mass is 9.73. The molecule has 8 N–H and O–H groups in total. The molecule has 0 unspecified atom stereocenters. The van der Waals surface area contributed by atoms with Crippen LogP contribution >= 0.6 is 0 Å². The van der Waals surface area contributed by atoms with Crippen molar-refractivity contribution < 1.29 is 40.9 Å². The topological polar surface area (TPSA) is 162 Å². The largest absolute Gasteiger partial charge is 0.507 e. The van der Waals surface area contributed by atoms with Crippen molar-refractivity contribution in [3.05, 3.63) is 231 Å². The molecule has 8 aromatic carbocycles. The number of hydrogen-bond donors (Lipinski definition) is 8. The molecule has 0 atom stereocenters. The summed E-state index contributed by atoms with van der Waals surface area (Å²) in [6.45, 7) is 18.6. The van der Waals surface area contributed by atoms with Gasteiger partial charge in [-0.1, -0.05) is 255 Å². The van der Waals surface area contributed by atoms with Crippen LogP contribution in [0.3, 0.4) is 0 Å². The lowest BCUT2D eigenvalue weighted by molar-refractivity contribution is 0.417. The second kappa shape index (κ2) is 33.7. The third kappa shape index (κ3) is 15.0. The van der Waals surface area contributed by atoms with E-state index in [0.717, 1.165) is 346 Å². The summed E-state index contributed by atoms with van der Waals surface area (Å²) in [6.07, 6.45) is 44.7. The minimum Gasteiger partial charge on any atom is -0.507 e. The Bertz CT molecular complexity index is 3970. The number of hydrogen-bond acceptors (Lipinski definition) is 8. The summed E-state index contributed by atoms with van der Waals surface area (Å²) < 4.78 is 0. The minimum atomic E-state index is -0.111. The molecule has 640 valence electrons. The average Bonchev–Trinajstić information content (AvgIpc) is 1.20. The zero-order valence-electron chi connectivity index (χ0n) is 74.8. The fraction of sp³-hybridized carbons (Fsp3) is 0.571. The molecule has 0 heterocycles. The van der Waals surface area contributed by atoms with Crippen molar-refractivity contribution in [3.8, 4) is 46.0 Å². The van der Waals surface area contributed by atoms with Crippen LogP contribution in [0.2, 0.25) is 0 Å². The standard InChI is InChI=1S/C112H144O8/c1-9-105(33-17-18-34-105)89-57-73-49-75-59-90(106(10-2)35-19-20-36-106)61-77(98(75)114)51-79-63-92(108(12-4)39-23-24-40-108)65-81(100(79)116)53-83-67-94(110(14-6)43-27-28-44-110)69-85(102(83)118)55-87-71-96(112(16-8)47-31-32-48-112)72-88(104(87)120)56-86-70-95(111(15-7)45-29-30-46-111)68-84(103(86)119)54-82-66-93(109(13-5)41-25-26-42-109)64-80(101(82)117)52-78-62-91(107(11-3)37-21-22-38-107)60-76(99(78)115)50-74(58-89)97(73)113/h57-72,113-120H,9-56H2,1-8H3. The number of rotatable bonds is 16. The van der Waals surface area contributed by atoms with Crippen molar-refractivity contribution in [2.24, 2.45) is 0 Å². The summed E-state index contributed by atoms with van der Waals surface area (Å²) >= 11 is 0. The second-order valence-electron chi connectivity index (χ2n) is 41.3. The quantitative estimate of drug-likeness (QED) is 0.0474. The zero-order chi connectivity index (χ0) is 83.7. The highest BCUT2D eigenvalue weighted by Crippen LogP contribution is 2.57. The Morgan fingerprint density at radius 1 is 0.150 bits per heavy atom. The Balaban J connectivity index is 0.915. The highest BCUT2D eigenvalue weighted by atomic mass is 16.3. The van der Waals surface area contributed by atoms with E-state index in [-0.39, 0.29) is 141 Å². The average molecular weight is 1620 g/mol. The third-order valence-corrected chi connectivity index (χ3v) is 36.0. The molecule has 8 fully saturated rings. The molecule has 0 aliphatic heterocycles. The van der Waals surface area contributed by atoms with Gasteiger partial charge in [0.1, 0.15) is 46.0 Å². The smallest absolute Gasteiger partial charge is 0.122 e. The molecule has 0 radical (unpaired) electrons. The summed E-state index contributed by atoms with van der Waals surface area (Å²) in [6, 6.07) is 36.5. The minimum absolute atomic E-state index is 0.111. The van der Waals surface area contributed by atoms with Gasteiger partial charge in [0, 0.05) is 51.4 Å². The van der Waals surface area contributed by atoms with Gasteiger partial charge in [-0.3, -0.25) is 0 Å². The lowest BCUT2D eigenvalue weighted by Gasteiger charge is -2.32. The lowest BCUT2D eigenvalue weighted by Crippen LogP contribution is -2.23. The van der Waals surface area contributed by atoms with Gasteiger partial charge in [0.2, 0.25) is 0 Å². The Labute approximate surface area is 719 Å². The first-order valence-electron chi connectivity index (χ1n) is 48.8. The van der Waals surface area contributed by atoms with E-state index in [0.29, 0.717) is 0 Å². The predicted molar refractivity (Wildman–Crippen MR) is 491 cm³/mol. The summed E-state index contributed by atoms with van der Waals surface area (Å²) in [5.41, 5.74) is 21.2. The molecule has 9 aliphatic rings. The fourth-order valence-corrected chi connectivity index (χ4v) is 27.5. The molecule has 8 saturated carbocycles.